The molecule has 1 fully saturated rings. The fourth-order valence-electron chi connectivity index (χ4n) is 2.88. The van der Waals surface area contributed by atoms with Crippen LogP contribution in [0.25, 0.3) is 0 Å². The number of thiazole rings is 1. The van der Waals surface area contributed by atoms with Crippen molar-refractivity contribution in [2.45, 2.75) is 59.1 Å². The summed E-state index contributed by atoms with van der Waals surface area (Å²) in [6, 6.07) is 5.06. The number of amides is 1. The quantitative estimate of drug-likeness (QED) is 0.635. The van der Waals surface area contributed by atoms with Crippen LogP contribution in [0.3, 0.4) is 0 Å². The molecule has 1 amide bonds. The minimum absolute atomic E-state index is 0.00663. The van der Waals surface area contributed by atoms with Crippen LogP contribution in [0.15, 0.2) is 29.4 Å². The molecule has 158 valence electrons. The molecule has 0 bridgehead atoms. The first-order valence-electron chi connectivity index (χ1n) is 9.97. The molecule has 1 unspecified atom stereocenters. The van der Waals surface area contributed by atoms with E-state index in [1.807, 2.05) is 0 Å². The van der Waals surface area contributed by atoms with Crippen LogP contribution in [-0.4, -0.2) is 29.8 Å². The molecule has 1 aliphatic rings. The van der Waals surface area contributed by atoms with Gasteiger partial charge in [-0.3, -0.25) is 4.79 Å². The minimum Gasteiger partial charge on any atom is -0.490 e. The van der Waals surface area contributed by atoms with E-state index >= 15 is 0 Å². The zero-order chi connectivity index (χ0) is 21.2. The van der Waals surface area contributed by atoms with E-state index in [2.05, 4.69) is 50.4 Å². The molecule has 1 aliphatic heterocycles. The van der Waals surface area contributed by atoms with Crippen LogP contribution >= 0.6 is 22.9 Å². The number of carbonyl (C=O) groups is 1. The molecule has 5 nitrogen and oxygen atoms in total. The van der Waals surface area contributed by atoms with E-state index in [-0.39, 0.29) is 17.4 Å². The first-order chi connectivity index (χ1) is 13.6. The summed E-state index contributed by atoms with van der Waals surface area (Å²) in [5, 5.41) is 0.479. The predicted molar refractivity (Wildman–Crippen MR) is 117 cm³/mol. The van der Waals surface area contributed by atoms with Crippen molar-refractivity contribution >= 4 is 28.8 Å². The van der Waals surface area contributed by atoms with Gasteiger partial charge in [-0.1, -0.05) is 46.2 Å². The summed E-state index contributed by atoms with van der Waals surface area (Å²) in [7, 11) is 0. The van der Waals surface area contributed by atoms with E-state index in [0.29, 0.717) is 33.7 Å². The van der Waals surface area contributed by atoms with Gasteiger partial charge in [0.05, 0.1) is 11.7 Å². The van der Waals surface area contributed by atoms with Gasteiger partial charge in [-0.25, -0.2) is 0 Å². The highest BCUT2D eigenvalue weighted by Crippen LogP contribution is 2.27. The first-order valence-corrected chi connectivity index (χ1v) is 11.2. The average Bonchev–Trinajstić information content (AvgIpc) is 2.96. The van der Waals surface area contributed by atoms with Crippen LogP contribution in [0.5, 0.6) is 5.75 Å². The van der Waals surface area contributed by atoms with Gasteiger partial charge in [0.25, 0.3) is 5.91 Å². The van der Waals surface area contributed by atoms with Crippen molar-refractivity contribution in [3.8, 4) is 5.75 Å². The van der Waals surface area contributed by atoms with Gasteiger partial charge in [0.1, 0.15) is 12.4 Å². The summed E-state index contributed by atoms with van der Waals surface area (Å²) >= 11 is 7.71. The van der Waals surface area contributed by atoms with E-state index in [9.17, 15) is 4.79 Å². The molecule has 0 saturated carbocycles. The van der Waals surface area contributed by atoms with Crippen LogP contribution in [-0.2, 0) is 16.7 Å². The molecule has 7 heteroatoms. The Morgan fingerprint density at radius 1 is 1.41 bits per heavy atom. The molecule has 3 rings (SSSR count). The second kappa shape index (κ2) is 9.02. The highest BCUT2D eigenvalue weighted by molar-refractivity contribution is 7.09. The van der Waals surface area contributed by atoms with Gasteiger partial charge in [0, 0.05) is 35.7 Å². The SMILES string of the molecule is CC(C)Cn1cc(C(C)(C)C)sc1=NC(=O)c1cc(Cl)ccc1OCC1CCO1. The number of rotatable bonds is 6. The highest BCUT2D eigenvalue weighted by atomic mass is 35.5. The topological polar surface area (TPSA) is 52.8 Å². The fourth-order valence-corrected chi connectivity index (χ4v) is 4.11. The molecular formula is C22H29ClN2O3S. The maximum Gasteiger partial charge on any atom is 0.283 e. The number of carbonyl (C=O) groups excluding carboxylic acids is 1. The van der Waals surface area contributed by atoms with Gasteiger partial charge in [0.15, 0.2) is 4.80 Å². The zero-order valence-corrected chi connectivity index (χ0v) is 19.3. The number of benzene rings is 1. The molecule has 0 spiro atoms. The van der Waals surface area contributed by atoms with Crippen molar-refractivity contribution in [1.29, 1.82) is 0 Å². The molecule has 1 aromatic heterocycles. The van der Waals surface area contributed by atoms with E-state index in [4.69, 9.17) is 21.1 Å². The maximum absolute atomic E-state index is 13.1. The van der Waals surface area contributed by atoms with Crippen molar-refractivity contribution in [3.63, 3.8) is 0 Å². The smallest absolute Gasteiger partial charge is 0.283 e. The molecule has 1 aromatic carbocycles. The first kappa shape index (κ1) is 22.1. The monoisotopic (exact) mass is 436 g/mol. The van der Waals surface area contributed by atoms with Gasteiger partial charge in [-0.2, -0.15) is 4.99 Å². The highest BCUT2D eigenvalue weighted by Gasteiger charge is 2.22. The summed E-state index contributed by atoms with van der Waals surface area (Å²) < 4.78 is 13.3. The molecule has 0 aliphatic carbocycles. The Balaban J connectivity index is 1.94. The van der Waals surface area contributed by atoms with Crippen molar-refractivity contribution in [2.75, 3.05) is 13.2 Å². The molecular weight excluding hydrogens is 408 g/mol. The Kier molecular flexibility index (Phi) is 6.87. The second-order valence-corrected chi connectivity index (χ2v) is 10.3. The molecule has 0 N–H and O–H groups in total. The van der Waals surface area contributed by atoms with E-state index < -0.39 is 0 Å². The molecule has 0 radical (unpaired) electrons. The summed E-state index contributed by atoms with van der Waals surface area (Å²) in [4.78, 5) is 19.4. The molecule has 29 heavy (non-hydrogen) atoms. The predicted octanol–water partition coefficient (Wildman–Crippen LogP) is 5.07. The number of ether oxygens (including phenoxy) is 2. The third kappa shape index (κ3) is 5.71. The normalized spacial score (nSPS) is 17.5. The Bertz CT molecular complexity index is 936. The Hall–Kier alpha value is -1.63. The van der Waals surface area contributed by atoms with Crippen LogP contribution in [0.2, 0.25) is 5.02 Å². The fraction of sp³-hybridized carbons (Fsp3) is 0.545. The average molecular weight is 437 g/mol. The minimum atomic E-state index is -0.350. The van der Waals surface area contributed by atoms with Crippen molar-refractivity contribution in [3.05, 3.63) is 44.7 Å². The molecule has 2 heterocycles. The van der Waals surface area contributed by atoms with E-state index in [1.54, 1.807) is 29.5 Å². The summed E-state index contributed by atoms with van der Waals surface area (Å²) in [5.41, 5.74) is 0.367. The zero-order valence-electron chi connectivity index (χ0n) is 17.7. The standard InChI is InChI=1S/C22H29ClN2O3S/c1-14(2)11-25-12-19(22(3,4)5)29-21(25)24-20(26)17-10-15(23)6-7-18(17)28-13-16-8-9-27-16/h6-7,10,12,14,16H,8-9,11,13H2,1-5H3. The lowest BCUT2D eigenvalue weighted by atomic mass is 9.95. The number of nitrogens with zero attached hydrogens (tertiary/aromatic N) is 2. The molecule has 1 atom stereocenters. The van der Waals surface area contributed by atoms with Gasteiger partial charge in [0.2, 0.25) is 0 Å². The van der Waals surface area contributed by atoms with Crippen LogP contribution < -0.4 is 9.54 Å². The molecule has 2 aromatic rings. The summed E-state index contributed by atoms with van der Waals surface area (Å²) in [5.74, 6) is 0.581. The van der Waals surface area contributed by atoms with Crippen molar-refractivity contribution in [2.24, 2.45) is 10.9 Å². The van der Waals surface area contributed by atoms with Gasteiger partial charge < -0.3 is 14.0 Å². The van der Waals surface area contributed by atoms with Gasteiger partial charge in [-0.05, 0) is 29.5 Å². The third-order valence-electron chi connectivity index (χ3n) is 4.61. The van der Waals surface area contributed by atoms with Gasteiger partial charge in [-0.15, -0.1) is 11.3 Å². The number of hydrogen-bond donors (Lipinski definition) is 0. The lowest BCUT2D eigenvalue weighted by Gasteiger charge is -2.26. The Labute approximate surface area is 181 Å². The number of aromatic nitrogens is 1. The van der Waals surface area contributed by atoms with Crippen LogP contribution in [0.4, 0.5) is 0 Å². The second-order valence-electron chi connectivity index (χ2n) is 8.82. The van der Waals surface area contributed by atoms with Crippen molar-refractivity contribution < 1.29 is 14.3 Å². The summed E-state index contributed by atoms with van der Waals surface area (Å²) in [6.07, 6.45) is 3.17. The van der Waals surface area contributed by atoms with Crippen LogP contribution in [0.1, 0.15) is 56.3 Å². The van der Waals surface area contributed by atoms with E-state index in [1.165, 1.54) is 4.88 Å². The largest absolute Gasteiger partial charge is 0.490 e. The van der Waals surface area contributed by atoms with Crippen LogP contribution in [0, 0.1) is 5.92 Å². The summed E-state index contributed by atoms with van der Waals surface area (Å²) in [6.45, 7) is 12.8. The lowest BCUT2D eigenvalue weighted by molar-refractivity contribution is -0.0721. The lowest BCUT2D eigenvalue weighted by Crippen LogP contribution is -2.32. The Morgan fingerprint density at radius 3 is 2.72 bits per heavy atom. The maximum atomic E-state index is 13.1. The molecule has 1 saturated heterocycles. The number of hydrogen-bond acceptors (Lipinski definition) is 4. The third-order valence-corrected chi connectivity index (χ3v) is 6.29. The van der Waals surface area contributed by atoms with E-state index in [0.717, 1.165) is 19.6 Å². The Morgan fingerprint density at radius 2 is 2.14 bits per heavy atom. The van der Waals surface area contributed by atoms with Crippen molar-refractivity contribution in [1.82, 2.24) is 4.57 Å². The van der Waals surface area contributed by atoms with Gasteiger partial charge >= 0.3 is 0 Å². The number of halogens is 1.